The summed E-state index contributed by atoms with van der Waals surface area (Å²) in [5, 5.41) is 1.06. The van der Waals surface area contributed by atoms with Crippen LogP contribution in [0.25, 0.3) is 10.2 Å². The molecule has 4 heteroatoms. The molecule has 1 heterocycles. The lowest BCUT2D eigenvalue weighted by molar-refractivity contribution is 0.405. The molecule has 0 bridgehead atoms. The van der Waals surface area contributed by atoms with Gasteiger partial charge >= 0.3 is 0 Å². The summed E-state index contributed by atoms with van der Waals surface area (Å²) in [6.45, 7) is 2.05. The number of aryl methyl sites for hydroxylation is 1. The molecule has 3 rings (SSSR count). The highest BCUT2D eigenvalue weighted by molar-refractivity contribution is 7.18. The number of ether oxygens (including phenoxy) is 1. The number of nitrogens with two attached hydrogens (primary N) is 1. The standard InChI is InChI=1S/C17H18N2OS/c1-11-7-8-12(15(9-11)20-2)13(18)10-17-19-14-5-3-4-6-16(14)21-17/h3-9,13H,10,18H2,1-2H3. The van der Waals surface area contributed by atoms with Gasteiger partial charge in [0, 0.05) is 18.0 Å². The molecule has 3 aromatic rings. The van der Waals surface area contributed by atoms with E-state index in [-0.39, 0.29) is 6.04 Å². The number of aromatic nitrogens is 1. The number of rotatable bonds is 4. The lowest BCUT2D eigenvalue weighted by Crippen LogP contribution is -2.14. The number of methoxy groups -OCH3 is 1. The number of benzene rings is 2. The minimum absolute atomic E-state index is 0.110. The maximum absolute atomic E-state index is 6.36. The van der Waals surface area contributed by atoms with Gasteiger partial charge in [-0.25, -0.2) is 4.98 Å². The van der Waals surface area contributed by atoms with Gasteiger partial charge in [0.2, 0.25) is 0 Å². The number of nitrogens with zero attached hydrogens (tertiary/aromatic N) is 1. The van der Waals surface area contributed by atoms with E-state index in [1.165, 1.54) is 10.3 Å². The smallest absolute Gasteiger partial charge is 0.123 e. The van der Waals surface area contributed by atoms with Crippen molar-refractivity contribution in [3.05, 3.63) is 58.6 Å². The van der Waals surface area contributed by atoms with Crippen molar-refractivity contribution in [2.24, 2.45) is 5.73 Å². The van der Waals surface area contributed by atoms with Crippen LogP contribution in [0, 0.1) is 6.92 Å². The highest BCUT2D eigenvalue weighted by atomic mass is 32.1. The van der Waals surface area contributed by atoms with Crippen molar-refractivity contribution < 1.29 is 4.74 Å². The van der Waals surface area contributed by atoms with Crippen molar-refractivity contribution >= 4 is 21.6 Å². The number of fused-ring (bicyclic) bond motifs is 1. The van der Waals surface area contributed by atoms with Crippen molar-refractivity contribution in [2.45, 2.75) is 19.4 Å². The van der Waals surface area contributed by atoms with Crippen LogP contribution in [-0.4, -0.2) is 12.1 Å². The normalized spacial score (nSPS) is 12.5. The first-order valence-electron chi connectivity index (χ1n) is 6.92. The van der Waals surface area contributed by atoms with Crippen LogP contribution in [0.4, 0.5) is 0 Å². The summed E-state index contributed by atoms with van der Waals surface area (Å²) < 4.78 is 6.65. The van der Waals surface area contributed by atoms with Crippen LogP contribution in [-0.2, 0) is 6.42 Å². The van der Waals surface area contributed by atoms with Gasteiger partial charge in [-0.1, -0.05) is 24.3 Å². The molecular weight excluding hydrogens is 280 g/mol. The van der Waals surface area contributed by atoms with Crippen LogP contribution >= 0.6 is 11.3 Å². The van der Waals surface area contributed by atoms with Gasteiger partial charge in [0.05, 0.1) is 22.3 Å². The molecule has 2 N–H and O–H groups in total. The van der Waals surface area contributed by atoms with Crippen molar-refractivity contribution in [1.82, 2.24) is 4.98 Å². The minimum atomic E-state index is -0.110. The van der Waals surface area contributed by atoms with E-state index in [4.69, 9.17) is 10.5 Å². The van der Waals surface area contributed by atoms with Crippen LogP contribution in [0.1, 0.15) is 22.2 Å². The Balaban J connectivity index is 1.87. The SMILES string of the molecule is COc1cc(C)ccc1C(N)Cc1nc2ccccc2s1. The van der Waals surface area contributed by atoms with E-state index < -0.39 is 0 Å². The molecule has 0 aliphatic carbocycles. The van der Waals surface area contributed by atoms with E-state index in [1.54, 1.807) is 18.4 Å². The first-order chi connectivity index (χ1) is 10.2. The van der Waals surface area contributed by atoms with E-state index in [1.807, 2.05) is 37.3 Å². The molecule has 0 aliphatic rings. The van der Waals surface area contributed by atoms with Gasteiger partial charge in [0.1, 0.15) is 5.75 Å². The van der Waals surface area contributed by atoms with Crippen molar-refractivity contribution in [1.29, 1.82) is 0 Å². The summed E-state index contributed by atoms with van der Waals surface area (Å²) in [6, 6.07) is 14.2. The maximum atomic E-state index is 6.36. The van der Waals surface area contributed by atoms with E-state index in [9.17, 15) is 0 Å². The third-order valence-electron chi connectivity index (χ3n) is 3.52. The predicted octanol–water partition coefficient (Wildman–Crippen LogP) is 3.86. The first-order valence-corrected chi connectivity index (χ1v) is 7.73. The lowest BCUT2D eigenvalue weighted by atomic mass is 10.0. The molecule has 0 radical (unpaired) electrons. The molecule has 0 amide bonds. The van der Waals surface area contributed by atoms with Gasteiger partial charge in [-0.3, -0.25) is 0 Å². The second-order valence-corrected chi connectivity index (χ2v) is 6.25. The average molecular weight is 298 g/mol. The molecular formula is C17H18N2OS. The van der Waals surface area contributed by atoms with Crippen LogP contribution < -0.4 is 10.5 Å². The van der Waals surface area contributed by atoms with Gasteiger partial charge in [-0.2, -0.15) is 0 Å². The van der Waals surface area contributed by atoms with Crippen molar-refractivity contribution in [3.8, 4) is 5.75 Å². The summed E-state index contributed by atoms with van der Waals surface area (Å²) in [5.41, 5.74) is 9.60. The molecule has 3 nitrogen and oxygen atoms in total. The van der Waals surface area contributed by atoms with Gasteiger partial charge < -0.3 is 10.5 Å². The second-order valence-electron chi connectivity index (χ2n) is 5.13. The van der Waals surface area contributed by atoms with Gasteiger partial charge in [0.25, 0.3) is 0 Å². The van der Waals surface area contributed by atoms with Gasteiger partial charge in [0.15, 0.2) is 0 Å². The zero-order chi connectivity index (χ0) is 14.8. The van der Waals surface area contributed by atoms with Crippen LogP contribution in [0.5, 0.6) is 5.75 Å². The Kier molecular flexibility index (Phi) is 3.90. The van der Waals surface area contributed by atoms with Crippen molar-refractivity contribution in [2.75, 3.05) is 7.11 Å². The number of hydrogen-bond donors (Lipinski definition) is 1. The Hall–Kier alpha value is -1.91. The van der Waals surface area contributed by atoms with E-state index in [0.717, 1.165) is 28.3 Å². The molecule has 0 saturated heterocycles. The monoisotopic (exact) mass is 298 g/mol. The lowest BCUT2D eigenvalue weighted by Gasteiger charge is -2.15. The van der Waals surface area contributed by atoms with Crippen LogP contribution in [0.15, 0.2) is 42.5 Å². The molecule has 0 fully saturated rings. The second kappa shape index (κ2) is 5.84. The van der Waals surface area contributed by atoms with E-state index in [2.05, 4.69) is 17.1 Å². The fourth-order valence-corrected chi connectivity index (χ4v) is 3.46. The summed E-state index contributed by atoms with van der Waals surface area (Å²) in [7, 11) is 1.68. The summed E-state index contributed by atoms with van der Waals surface area (Å²) >= 11 is 1.70. The summed E-state index contributed by atoms with van der Waals surface area (Å²) in [4.78, 5) is 4.65. The van der Waals surface area contributed by atoms with Crippen LogP contribution in [0.2, 0.25) is 0 Å². The zero-order valence-corrected chi connectivity index (χ0v) is 13.0. The Labute approximate surface area is 128 Å². The average Bonchev–Trinajstić information content (AvgIpc) is 2.88. The third kappa shape index (κ3) is 2.91. The molecule has 108 valence electrons. The zero-order valence-electron chi connectivity index (χ0n) is 12.2. The predicted molar refractivity (Wildman–Crippen MR) is 88.0 cm³/mol. The summed E-state index contributed by atoms with van der Waals surface area (Å²) in [5.74, 6) is 0.851. The van der Waals surface area contributed by atoms with Gasteiger partial charge in [-0.15, -0.1) is 11.3 Å². The van der Waals surface area contributed by atoms with E-state index >= 15 is 0 Å². The Morgan fingerprint density at radius 2 is 2.05 bits per heavy atom. The molecule has 0 aliphatic heterocycles. The number of thiazole rings is 1. The molecule has 1 atom stereocenters. The molecule has 1 unspecified atom stereocenters. The fourth-order valence-electron chi connectivity index (χ4n) is 2.43. The fraction of sp³-hybridized carbons (Fsp3) is 0.235. The Morgan fingerprint density at radius 3 is 2.81 bits per heavy atom. The highest BCUT2D eigenvalue weighted by Crippen LogP contribution is 2.29. The summed E-state index contributed by atoms with van der Waals surface area (Å²) in [6.07, 6.45) is 0.721. The maximum Gasteiger partial charge on any atom is 0.123 e. The van der Waals surface area contributed by atoms with Gasteiger partial charge in [-0.05, 0) is 30.7 Å². The molecule has 0 spiro atoms. The molecule has 1 aromatic heterocycles. The molecule has 2 aromatic carbocycles. The Bertz CT molecular complexity index is 733. The Morgan fingerprint density at radius 1 is 1.24 bits per heavy atom. The first kappa shape index (κ1) is 14.0. The third-order valence-corrected chi connectivity index (χ3v) is 4.58. The van der Waals surface area contributed by atoms with Crippen molar-refractivity contribution in [3.63, 3.8) is 0 Å². The number of para-hydroxylation sites is 1. The highest BCUT2D eigenvalue weighted by Gasteiger charge is 2.15. The molecule has 21 heavy (non-hydrogen) atoms. The quantitative estimate of drug-likeness (QED) is 0.795. The van der Waals surface area contributed by atoms with E-state index in [0.29, 0.717) is 0 Å². The minimum Gasteiger partial charge on any atom is -0.496 e. The molecule has 0 saturated carbocycles. The number of hydrogen-bond acceptors (Lipinski definition) is 4. The largest absolute Gasteiger partial charge is 0.496 e. The van der Waals surface area contributed by atoms with Crippen LogP contribution in [0.3, 0.4) is 0 Å². The topological polar surface area (TPSA) is 48.1 Å².